The van der Waals surface area contributed by atoms with Crippen LogP contribution in [0.5, 0.6) is 0 Å². The van der Waals surface area contributed by atoms with Gasteiger partial charge < -0.3 is 5.32 Å². The Morgan fingerprint density at radius 2 is 2.18 bits per heavy atom. The summed E-state index contributed by atoms with van der Waals surface area (Å²) in [5.74, 6) is 1.10. The molecule has 0 aliphatic heterocycles. The highest BCUT2D eigenvalue weighted by atomic mass is 15.3. The quantitative estimate of drug-likeness (QED) is 0.823. The van der Waals surface area contributed by atoms with Gasteiger partial charge in [0.15, 0.2) is 0 Å². The van der Waals surface area contributed by atoms with Crippen LogP contribution in [-0.2, 0) is 6.42 Å². The second-order valence-electron chi connectivity index (χ2n) is 6.21. The van der Waals surface area contributed by atoms with Crippen molar-refractivity contribution in [1.82, 2.24) is 20.1 Å². The van der Waals surface area contributed by atoms with Crippen LogP contribution in [0.3, 0.4) is 0 Å². The average molecular weight is 236 g/mol. The molecule has 2 rings (SSSR count). The highest BCUT2D eigenvalue weighted by Gasteiger charge is 2.26. The Bertz CT molecular complexity index is 363. The Hall–Kier alpha value is -0.900. The molecule has 0 bridgehead atoms. The van der Waals surface area contributed by atoms with Gasteiger partial charge in [-0.25, -0.2) is 9.67 Å². The van der Waals surface area contributed by atoms with Gasteiger partial charge in [0.2, 0.25) is 0 Å². The van der Waals surface area contributed by atoms with Crippen molar-refractivity contribution >= 4 is 0 Å². The van der Waals surface area contributed by atoms with Crippen molar-refractivity contribution in [3.8, 4) is 0 Å². The van der Waals surface area contributed by atoms with Crippen LogP contribution < -0.4 is 5.32 Å². The largest absolute Gasteiger partial charge is 0.313 e. The molecule has 1 aliphatic carbocycles. The van der Waals surface area contributed by atoms with Gasteiger partial charge in [0.05, 0.1) is 0 Å². The molecule has 4 nitrogen and oxygen atoms in total. The number of aromatic nitrogens is 3. The van der Waals surface area contributed by atoms with E-state index in [1.165, 1.54) is 12.8 Å². The third-order valence-corrected chi connectivity index (χ3v) is 3.22. The van der Waals surface area contributed by atoms with Gasteiger partial charge in [-0.3, -0.25) is 0 Å². The van der Waals surface area contributed by atoms with Gasteiger partial charge in [0.1, 0.15) is 12.2 Å². The summed E-state index contributed by atoms with van der Waals surface area (Å²) >= 11 is 0. The van der Waals surface area contributed by atoms with E-state index in [9.17, 15) is 0 Å². The van der Waals surface area contributed by atoms with Crippen LogP contribution in [0, 0.1) is 5.41 Å². The van der Waals surface area contributed by atoms with Crippen LogP contribution in [0.2, 0.25) is 0 Å². The molecule has 4 heteroatoms. The van der Waals surface area contributed by atoms with E-state index in [1.807, 2.05) is 4.68 Å². The molecule has 1 fully saturated rings. The number of hydrogen-bond acceptors (Lipinski definition) is 3. The Morgan fingerprint density at radius 3 is 2.76 bits per heavy atom. The molecular formula is C13H24N4. The fourth-order valence-electron chi connectivity index (χ4n) is 2.03. The molecule has 1 aromatic rings. The van der Waals surface area contributed by atoms with E-state index in [0.717, 1.165) is 24.8 Å². The minimum absolute atomic E-state index is 0.238. The van der Waals surface area contributed by atoms with E-state index in [-0.39, 0.29) is 5.41 Å². The highest BCUT2D eigenvalue weighted by Crippen LogP contribution is 2.24. The monoisotopic (exact) mass is 236 g/mol. The molecule has 1 saturated carbocycles. The smallest absolute Gasteiger partial charge is 0.138 e. The minimum atomic E-state index is 0.238. The van der Waals surface area contributed by atoms with Crippen molar-refractivity contribution in [2.24, 2.45) is 5.41 Å². The lowest BCUT2D eigenvalue weighted by Gasteiger charge is -2.25. The first-order chi connectivity index (χ1) is 7.98. The molecule has 0 atom stereocenters. The van der Waals surface area contributed by atoms with Gasteiger partial charge >= 0.3 is 0 Å². The standard InChI is InChI=1S/C13H24N4/c1-10(2)17-12(15-9-16-17)7-13(3,4)8-14-11-5-6-11/h9-11,14H,5-8H2,1-4H3. The first-order valence-electron chi connectivity index (χ1n) is 6.60. The fraction of sp³-hybridized carbons (Fsp3) is 0.846. The Labute approximate surface area is 104 Å². The lowest BCUT2D eigenvalue weighted by Crippen LogP contribution is -2.33. The summed E-state index contributed by atoms with van der Waals surface area (Å²) < 4.78 is 2.03. The van der Waals surface area contributed by atoms with Gasteiger partial charge in [0.25, 0.3) is 0 Å². The molecule has 96 valence electrons. The molecule has 0 amide bonds. The second kappa shape index (κ2) is 4.77. The Kier molecular flexibility index (Phi) is 3.52. The molecule has 0 radical (unpaired) electrons. The van der Waals surface area contributed by atoms with Crippen LogP contribution in [-0.4, -0.2) is 27.4 Å². The fourth-order valence-corrected chi connectivity index (χ4v) is 2.03. The first kappa shape index (κ1) is 12.6. The summed E-state index contributed by atoms with van der Waals surface area (Å²) in [6.45, 7) is 9.94. The van der Waals surface area contributed by atoms with Crippen molar-refractivity contribution in [2.75, 3.05) is 6.54 Å². The summed E-state index contributed by atoms with van der Waals surface area (Å²) in [5, 5.41) is 7.89. The minimum Gasteiger partial charge on any atom is -0.313 e. The van der Waals surface area contributed by atoms with Crippen LogP contribution in [0.4, 0.5) is 0 Å². The molecule has 1 N–H and O–H groups in total. The molecule has 1 aromatic heterocycles. The summed E-state index contributed by atoms with van der Waals surface area (Å²) in [6, 6.07) is 1.16. The third-order valence-electron chi connectivity index (χ3n) is 3.22. The summed E-state index contributed by atoms with van der Waals surface area (Å²) in [6.07, 6.45) is 5.33. The average Bonchev–Trinajstić information content (AvgIpc) is 2.95. The summed E-state index contributed by atoms with van der Waals surface area (Å²) in [7, 11) is 0. The van der Waals surface area contributed by atoms with Crippen molar-refractivity contribution in [2.45, 2.75) is 59.0 Å². The van der Waals surface area contributed by atoms with E-state index >= 15 is 0 Å². The van der Waals surface area contributed by atoms with E-state index in [0.29, 0.717) is 6.04 Å². The first-order valence-corrected chi connectivity index (χ1v) is 6.60. The van der Waals surface area contributed by atoms with Gasteiger partial charge in [0, 0.05) is 25.0 Å². The predicted octanol–water partition coefficient (Wildman–Crippen LogP) is 2.18. The van der Waals surface area contributed by atoms with E-state index in [4.69, 9.17) is 0 Å². The van der Waals surface area contributed by atoms with Crippen molar-refractivity contribution in [1.29, 1.82) is 0 Å². The van der Waals surface area contributed by atoms with Gasteiger partial charge in [-0.2, -0.15) is 5.10 Å². The summed E-state index contributed by atoms with van der Waals surface area (Å²) in [4.78, 5) is 4.39. The Morgan fingerprint density at radius 1 is 1.47 bits per heavy atom. The van der Waals surface area contributed by atoms with Gasteiger partial charge in [-0.15, -0.1) is 0 Å². The zero-order valence-corrected chi connectivity index (χ0v) is 11.4. The van der Waals surface area contributed by atoms with Crippen LogP contribution in [0.25, 0.3) is 0 Å². The molecule has 0 spiro atoms. The maximum Gasteiger partial charge on any atom is 0.138 e. The van der Waals surface area contributed by atoms with Crippen LogP contribution in [0.15, 0.2) is 6.33 Å². The maximum atomic E-state index is 4.39. The van der Waals surface area contributed by atoms with Crippen LogP contribution >= 0.6 is 0 Å². The van der Waals surface area contributed by atoms with Gasteiger partial charge in [-0.1, -0.05) is 13.8 Å². The number of nitrogens with one attached hydrogen (secondary N) is 1. The van der Waals surface area contributed by atoms with Crippen molar-refractivity contribution < 1.29 is 0 Å². The molecule has 1 heterocycles. The molecule has 0 unspecified atom stereocenters. The molecule has 1 aliphatic rings. The second-order valence-corrected chi connectivity index (χ2v) is 6.21. The zero-order valence-electron chi connectivity index (χ0n) is 11.4. The van der Waals surface area contributed by atoms with E-state index in [2.05, 4.69) is 43.1 Å². The number of rotatable bonds is 6. The van der Waals surface area contributed by atoms with Crippen LogP contribution in [0.1, 0.15) is 52.4 Å². The topological polar surface area (TPSA) is 42.7 Å². The van der Waals surface area contributed by atoms with Crippen molar-refractivity contribution in [3.63, 3.8) is 0 Å². The van der Waals surface area contributed by atoms with Crippen molar-refractivity contribution in [3.05, 3.63) is 12.2 Å². The summed E-state index contributed by atoms with van der Waals surface area (Å²) in [5.41, 5.74) is 0.238. The SMILES string of the molecule is CC(C)n1ncnc1CC(C)(C)CNC1CC1. The lowest BCUT2D eigenvalue weighted by atomic mass is 9.88. The maximum absolute atomic E-state index is 4.39. The lowest BCUT2D eigenvalue weighted by molar-refractivity contribution is 0.319. The van der Waals surface area contributed by atoms with Gasteiger partial charge in [-0.05, 0) is 32.1 Å². The molecule has 17 heavy (non-hydrogen) atoms. The number of nitrogens with zero attached hydrogens (tertiary/aromatic N) is 3. The molecular weight excluding hydrogens is 212 g/mol. The predicted molar refractivity (Wildman–Crippen MR) is 68.9 cm³/mol. The molecule has 0 saturated heterocycles. The normalized spacial score (nSPS) is 16.8. The zero-order chi connectivity index (χ0) is 12.5. The highest BCUT2D eigenvalue weighted by molar-refractivity contribution is 4.94. The van der Waals surface area contributed by atoms with E-state index in [1.54, 1.807) is 6.33 Å². The third kappa shape index (κ3) is 3.53. The molecule has 0 aromatic carbocycles. The number of hydrogen-bond donors (Lipinski definition) is 1. The van der Waals surface area contributed by atoms with E-state index < -0.39 is 0 Å². The Balaban J connectivity index is 1.94.